The van der Waals surface area contributed by atoms with Crippen LogP contribution in [-0.4, -0.2) is 14.1 Å². The maximum atomic E-state index is 6.39. The van der Waals surface area contributed by atoms with Gasteiger partial charge in [-0.25, -0.2) is 0 Å². The topological polar surface area (TPSA) is 40.5 Å². The molecule has 4 heterocycles. The summed E-state index contributed by atoms with van der Waals surface area (Å²) in [6.45, 7) is 4.78. The molecule has 2 aromatic heterocycles. The Morgan fingerprint density at radius 2 is 0.875 bits per heavy atom. The van der Waals surface area contributed by atoms with E-state index in [4.69, 9.17) is 8.83 Å². The SMILES string of the molecule is CN1/C(=C\C=C\c2oc3ccc4ccccc4c3[n+]2C)C(C)(Cc2ccc(CC3(C)/C(=C/C=C/c4oc5ccc6ccccc6c5[n+]4C)N(C)c4ccccc43)cc2)c2ccccc21. The highest BCUT2D eigenvalue weighted by molar-refractivity contribution is 6.02. The van der Waals surface area contributed by atoms with Gasteiger partial charge in [-0.05, 0) is 108 Å². The van der Waals surface area contributed by atoms with Gasteiger partial charge in [0.25, 0.3) is 11.0 Å². The molecule has 11 rings (SSSR count). The fourth-order valence-electron chi connectivity index (χ4n) is 10.9. The van der Waals surface area contributed by atoms with Crippen molar-refractivity contribution in [2.45, 2.75) is 37.5 Å². The second-order valence-corrected chi connectivity index (χ2v) is 18.1. The molecule has 0 N–H and O–H groups in total. The van der Waals surface area contributed by atoms with Crippen molar-refractivity contribution in [2.24, 2.45) is 14.1 Å². The van der Waals surface area contributed by atoms with E-state index in [1.807, 2.05) is 0 Å². The lowest BCUT2D eigenvalue weighted by Crippen LogP contribution is -2.30. The van der Waals surface area contributed by atoms with E-state index in [1.165, 1.54) is 66.6 Å². The number of aryl methyl sites for hydroxylation is 2. The molecule has 0 saturated carbocycles. The van der Waals surface area contributed by atoms with Gasteiger partial charge in [0.15, 0.2) is 0 Å². The Morgan fingerprint density at radius 3 is 1.31 bits per heavy atom. The van der Waals surface area contributed by atoms with E-state index in [2.05, 4.69) is 243 Å². The Bertz CT molecular complexity index is 3210. The molecule has 2 unspecified atom stereocenters. The van der Waals surface area contributed by atoms with Crippen LogP contribution in [0.5, 0.6) is 0 Å². The van der Waals surface area contributed by atoms with E-state index in [0.29, 0.717) is 0 Å². The minimum absolute atomic E-state index is 0.242. The standard InChI is InChI=1S/C58H52N4O2/c1-57(45-21-11-13-23-47(45)59(3)51(57)25-15-27-53-61(5)55-43-19-9-7-17-41(43)33-35-49(55)63-53)37-39-29-31-40(32-30-39)38-58(2)46-22-12-14-24-48(46)60(4)52(58)26-16-28-54-62(6)56-44-20-10-8-18-42(44)34-36-50(56)64-54/h7-36H,37-38H2,1-6H3/q+2. The number of oxazole rings is 2. The van der Waals surface area contributed by atoms with Crippen LogP contribution < -0.4 is 18.9 Å². The molecule has 0 saturated heterocycles. The van der Waals surface area contributed by atoms with Gasteiger partial charge in [-0.15, -0.1) is 0 Å². The summed E-state index contributed by atoms with van der Waals surface area (Å²) in [6.07, 6.45) is 14.8. The molecule has 0 spiro atoms. The van der Waals surface area contributed by atoms with Gasteiger partial charge in [0.05, 0.1) is 22.9 Å². The van der Waals surface area contributed by atoms with Gasteiger partial charge in [-0.1, -0.05) is 121 Å². The summed E-state index contributed by atoms with van der Waals surface area (Å²) in [5.74, 6) is 1.62. The number of nitrogens with zero attached hydrogens (tertiary/aromatic N) is 4. The predicted octanol–water partition coefficient (Wildman–Crippen LogP) is 12.2. The zero-order chi connectivity index (χ0) is 43.7. The molecule has 6 heteroatoms. The molecule has 2 aliphatic heterocycles. The predicted molar refractivity (Wildman–Crippen MR) is 262 cm³/mol. The zero-order valence-electron chi connectivity index (χ0n) is 37.3. The smallest absolute Gasteiger partial charge is 0.373 e. The molecule has 6 nitrogen and oxygen atoms in total. The van der Waals surface area contributed by atoms with Gasteiger partial charge in [-0.2, -0.15) is 9.13 Å². The van der Waals surface area contributed by atoms with E-state index in [-0.39, 0.29) is 10.8 Å². The molecule has 2 aliphatic rings. The number of fused-ring (bicyclic) bond motifs is 8. The molecular weight excluding hydrogens is 785 g/mol. The minimum atomic E-state index is -0.242. The highest BCUT2D eigenvalue weighted by atomic mass is 16.4. The summed E-state index contributed by atoms with van der Waals surface area (Å²) in [5.41, 5.74) is 13.8. The van der Waals surface area contributed by atoms with Crippen LogP contribution in [-0.2, 0) is 37.8 Å². The van der Waals surface area contributed by atoms with Gasteiger partial charge in [0.1, 0.15) is 14.1 Å². The minimum Gasteiger partial charge on any atom is -0.398 e. The van der Waals surface area contributed by atoms with Crippen LogP contribution in [0.4, 0.5) is 11.4 Å². The third-order valence-corrected chi connectivity index (χ3v) is 14.2. The Labute approximate surface area is 374 Å². The van der Waals surface area contributed by atoms with Crippen LogP contribution in [0.15, 0.2) is 190 Å². The number of benzene rings is 7. The molecule has 0 radical (unpaired) electrons. The van der Waals surface area contributed by atoms with Crippen molar-refractivity contribution in [3.05, 3.63) is 215 Å². The van der Waals surface area contributed by atoms with E-state index < -0.39 is 0 Å². The lowest BCUT2D eigenvalue weighted by molar-refractivity contribution is -0.651. The summed E-state index contributed by atoms with van der Waals surface area (Å²) in [4.78, 5) is 4.71. The van der Waals surface area contributed by atoms with Crippen LogP contribution >= 0.6 is 0 Å². The maximum Gasteiger partial charge on any atom is 0.373 e. The van der Waals surface area contributed by atoms with Crippen molar-refractivity contribution in [3.63, 3.8) is 0 Å². The normalized spacial score (nSPS) is 19.8. The molecule has 0 fully saturated rings. The van der Waals surface area contributed by atoms with Crippen LogP contribution in [0.1, 0.15) is 47.9 Å². The quantitative estimate of drug-likeness (QED) is 0.143. The largest absolute Gasteiger partial charge is 0.398 e. The Kier molecular flexibility index (Phi) is 9.32. The van der Waals surface area contributed by atoms with Gasteiger partial charge in [0.2, 0.25) is 11.2 Å². The first-order valence-electron chi connectivity index (χ1n) is 22.2. The second kappa shape index (κ2) is 15.1. The highest BCUT2D eigenvalue weighted by Crippen LogP contribution is 2.50. The number of likely N-dealkylation sites (N-methyl/N-ethyl adjacent to an activating group) is 2. The molecule has 0 aliphatic carbocycles. The fourth-order valence-corrected chi connectivity index (χ4v) is 10.9. The lowest BCUT2D eigenvalue weighted by atomic mass is 9.75. The maximum absolute atomic E-state index is 6.39. The zero-order valence-corrected chi connectivity index (χ0v) is 37.3. The second-order valence-electron chi connectivity index (χ2n) is 18.1. The monoisotopic (exact) mass is 836 g/mol. The van der Waals surface area contributed by atoms with Gasteiger partial charge in [-0.3, -0.25) is 0 Å². The van der Waals surface area contributed by atoms with Crippen molar-refractivity contribution < 1.29 is 18.0 Å². The number of para-hydroxylation sites is 2. The summed E-state index contributed by atoms with van der Waals surface area (Å²) in [7, 11) is 8.55. The van der Waals surface area contributed by atoms with Crippen molar-refractivity contribution in [2.75, 3.05) is 23.9 Å². The molecule has 314 valence electrons. The van der Waals surface area contributed by atoms with Crippen LogP contribution in [0.25, 0.3) is 55.9 Å². The molecule has 7 aromatic carbocycles. The Balaban J connectivity index is 0.879. The lowest BCUT2D eigenvalue weighted by Gasteiger charge is -2.30. The summed E-state index contributed by atoms with van der Waals surface area (Å²) in [6, 6.07) is 52.4. The number of hydrogen-bond acceptors (Lipinski definition) is 4. The summed E-state index contributed by atoms with van der Waals surface area (Å²) in [5, 5.41) is 4.79. The highest BCUT2D eigenvalue weighted by Gasteiger charge is 2.43. The molecule has 2 atom stereocenters. The molecular formula is C58H52N4O2+2. The van der Waals surface area contributed by atoms with Crippen LogP contribution in [0.3, 0.4) is 0 Å². The molecule has 0 bridgehead atoms. The number of hydrogen-bond donors (Lipinski definition) is 0. The molecule has 64 heavy (non-hydrogen) atoms. The first-order chi connectivity index (χ1) is 31.1. The third kappa shape index (κ3) is 6.23. The number of anilines is 2. The Hall–Kier alpha value is -7.44. The van der Waals surface area contributed by atoms with Crippen molar-refractivity contribution in [1.82, 2.24) is 0 Å². The van der Waals surface area contributed by atoms with Crippen LogP contribution in [0.2, 0.25) is 0 Å². The summed E-state index contributed by atoms with van der Waals surface area (Å²) >= 11 is 0. The number of aromatic nitrogens is 2. The van der Waals surface area contributed by atoms with Crippen molar-refractivity contribution >= 4 is 67.3 Å². The average molecular weight is 837 g/mol. The van der Waals surface area contributed by atoms with E-state index >= 15 is 0 Å². The first-order valence-corrected chi connectivity index (χ1v) is 22.2. The van der Waals surface area contributed by atoms with E-state index in [0.717, 1.165) is 46.8 Å². The molecule has 0 amide bonds. The first kappa shape index (κ1) is 39.4. The Morgan fingerprint density at radius 1 is 0.484 bits per heavy atom. The van der Waals surface area contributed by atoms with Gasteiger partial charge >= 0.3 is 11.8 Å². The van der Waals surface area contributed by atoms with Crippen LogP contribution in [0, 0.1) is 0 Å². The number of rotatable bonds is 8. The summed E-state index contributed by atoms with van der Waals surface area (Å²) < 4.78 is 17.1. The molecule has 9 aromatic rings. The van der Waals surface area contributed by atoms with E-state index in [9.17, 15) is 0 Å². The number of allylic oxidation sites excluding steroid dienone is 6. The van der Waals surface area contributed by atoms with Gasteiger partial charge < -0.3 is 18.6 Å². The van der Waals surface area contributed by atoms with Crippen molar-refractivity contribution in [1.29, 1.82) is 0 Å². The third-order valence-electron chi connectivity index (χ3n) is 14.2. The average Bonchev–Trinajstić information content (AvgIpc) is 3.96. The fraction of sp³-hybridized carbons (Fsp3) is 0.172. The van der Waals surface area contributed by atoms with Crippen molar-refractivity contribution in [3.8, 4) is 0 Å². The van der Waals surface area contributed by atoms with E-state index in [1.54, 1.807) is 0 Å². The van der Waals surface area contributed by atoms with Gasteiger partial charge in [0, 0.05) is 47.7 Å².